The third-order valence-corrected chi connectivity index (χ3v) is 4.81. The number of rotatable bonds is 2. The molecule has 0 radical (unpaired) electrons. The van der Waals surface area contributed by atoms with Crippen LogP contribution in [0.1, 0.15) is 17.5 Å². The molecule has 0 aromatic heterocycles. The van der Waals surface area contributed by atoms with Gasteiger partial charge in [0.25, 0.3) is 0 Å². The molecule has 8 heteroatoms. The van der Waals surface area contributed by atoms with Crippen LogP contribution in [0, 0.1) is 11.3 Å². The number of alkyl halides is 3. The van der Waals surface area contributed by atoms with E-state index in [0.29, 0.717) is 0 Å². The summed E-state index contributed by atoms with van der Waals surface area (Å²) >= 11 is 0. The summed E-state index contributed by atoms with van der Waals surface area (Å²) in [7, 11) is -3.17. The fraction of sp³-hybridized carbons (Fsp3) is 0.417. The summed E-state index contributed by atoms with van der Waals surface area (Å²) in [6.45, 7) is 0. The zero-order valence-corrected chi connectivity index (χ0v) is 11.1. The van der Waals surface area contributed by atoms with E-state index in [9.17, 15) is 21.6 Å². The minimum Gasteiger partial charge on any atom is -0.381 e. The van der Waals surface area contributed by atoms with Gasteiger partial charge in [-0.25, -0.2) is 8.42 Å². The molecule has 1 heterocycles. The largest absolute Gasteiger partial charge is 0.418 e. The molecule has 0 aliphatic carbocycles. The van der Waals surface area contributed by atoms with Crippen molar-refractivity contribution in [2.24, 2.45) is 0 Å². The van der Waals surface area contributed by atoms with Crippen molar-refractivity contribution in [1.82, 2.24) is 0 Å². The highest BCUT2D eigenvalue weighted by Crippen LogP contribution is 2.36. The molecule has 0 spiro atoms. The first-order valence-electron chi connectivity index (χ1n) is 5.79. The standard InChI is InChI=1S/C12H11F3N2O2S/c13-12(14,15)10-5-8(6-16)1-2-11(10)17-9-3-4-20(18,19)7-9/h1-2,5,9,17H,3-4,7H2. The quantitative estimate of drug-likeness (QED) is 0.909. The monoisotopic (exact) mass is 304 g/mol. The van der Waals surface area contributed by atoms with Gasteiger partial charge in [-0.05, 0) is 24.6 Å². The van der Waals surface area contributed by atoms with E-state index in [2.05, 4.69) is 5.32 Å². The minimum absolute atomic E-state index is 0.0255. The van der Waals surface area contributed by atoms with Crippen molar-refractivity contribution in [3.05, 3.63) is 29.3 Å². The van der Waals surface area contributed by atoms with E-state index in [1.165, 1.54) is 6.07 Å². The summed E-state index contributed by atoms with van der Waals surface area (Å²) in [5, 5.41) is 11.3. The zero-order valence-electron chi connectivity index (χ0n) is 10.2. The molecule has 0 amide bonds. The molecule has 20 heavy (non-hydrogen) atoms. The van der Waals surface area contributed by atoms with Gasteiger partial charge in [0.15, 0.2) is 9.84 Å². The maximum absolute atomic E-state index is 12.9. The van der Waals surface area contributed by atoms with Crippen molar-refractivity contribution >= 4 is 15.5 Å². The maximum Gasteiger partial charge on any atom is 0.418 e. The van der Waals surface area contributed by atoms with Crippen LogP contribution >= 0.6 is 0 Å². The van der Waals surface area contributed by atoms with Crippen LogP contribution < -0.4 is 5.32 Å². The van der Waals surface area contributed by atoms with Gasteiger partial charge in [0.2, 0.25) is 0 Å². The minimum atomic E-state index is -4.60. The molecule has 1 fully saturated rings. The second-order valence-electron chi connectivity index (χ2n) is 4.61. The lowest BCUT2D eigenvalue weighted by Crippen LogP contribution is -2.23. The number of halogens is 3. The molecule has 108 valence electrons. The smallest absolute Gasteiger partial charge is 0.381 e. The fourth-order valence-electron chi connectivity index (χ4n) is 2.10. The van der Waals surface area contributed by atoms with E-state index in [1.54, 1.807) is 6.07 Å². The first-order chi connectivity index (χ1) is 9.21. The molecule has 1 atom stereocenters. The number of nitriles is 1. The van der Waals surface area contributed by atoms with Gasteiger partial charge in [0, 0.05) is 11.7 Å². The Kier molecular flexibility index (Phi) is 3.65. The lowest BCUT2D eigenvalue weighted by Gasteiger charge is -2.18. The highest BCUT2D eigenvalue weighted by atomic mass is 32.2. The molecule has 1 aromatic carbocycles. The summed E-state index contributed by atoms with van der Waals surface area (Å²) < 4.78 is 61.4. The number of hydrogen-bond donors (Lipinski definition) is 1. The molecule has 4 nitrogen and oxygen atoms in total. The van der Waals surface area contributed by atoms with Crippen LogP contribution in [0.15, 0.2) is 18.2 Å². The molecule has 1 aliphatic heterocycles. The topological polar surface area (TPSA) is 70.0 Å². The third kappa shape index (κ3) is 3.22. The lowest BCUT2D eigenvalue weighted by molar-refractivity contribution is -0.137. The van der Waals surface area contributed by atoms with Crippen molar-refractivity contribution in [2.75, 3.05) is 16.8 Å². The Morgan fingerprint density at radius 1 is 1.35 bits per heavy atom. The Morgan fingerprint density at radius 3 is 2.55 bits per heavy atom. The molecule has 1 aromatic rings. The number of nitrogens with one attached hydrogen (secondary N) is 1. The third-order valence-electron chi connectivity index (χ3n) is 3.05. The normalized spacial score (nSPS) is 21.4. The SMILES string of the molecule is N#Cc1ccc(NC2CCS(=O)(=O)C2)c(C(F)(F)F)c1. The second kappa shape index (κ2) is 4.98. The molecule has 0 saturated carbocycles. The van der Waals surface area contributed by atoms with E-state index < -0.39 is 27.6 Å². The van der Waals surface area contributed by atoms with Crippen LogP contribution in [0.5, 0.6) is 0 Å². The molecular formula is C12H11F3N2O2S. The van der Waals surface area contributed by atoms with Crippen LogP contribution in [0.4, 0.5) is 18.9 Å². The van der Waals surface area contributed by atoms with Gasteiger partial charge in [-0.15, -0.1) is 0 Å². The molecule has 1 unspecified atom stereocenters. The fourth-order valence-corrected chi connectivity index (χ4v) is 3.78. The van der Waals surface area contributed by atoms with Crippen LogP contribution in [0.3, 0.4) is 0 Å². The van der Waals surface area contributed by atoms with E-state index in [-0.39, 0.29) is 29.2 Å². The van der Waals surface area contributed by atoms with Crippen molar-refractivity contribution in [2.45, 2.75) is 18.6 Å². The Bertz CT molecular complexity index is 662. The lowest BCUT2D eigenvalue weighted by atomic mass is 10.1. The summed E-state index contributed by atoms with van der Waals surface area (Å²) in [4.78, 5) is 0. The summed E-state index contributed by atoms with van der Waals surface area (Å²) in [5.74, 6) is -0.202. The van der Waals surface area contributed by atoms with Crippen LogP contribution in [0.2, 0.25) is 0 Å². The van der Waals surface area contributed by atoms with E-state index in [0.717, 1.165) is 12.1 Å². The average molecular weight is 304 g/mol. The highest BCUT2D eigenvalue weighted by molar-refractivity contribution is 7.91. The van der Waals surface area contributed by atoms with Crippen molar-refractivity contribution in [1.29, 1.82) is 5.26 Å². The first-order valence-corrected chi connectivity index (χ1v) is 7.62. The van der Waals surface area contributed by atoms with E-state index >= 15 is 0 Å². The van der Waals surface area contributed by atoms with Crippen LogP contribution in [0.25, 0.3) is 0 Å². The molecular weight excluding hydrogens is 293 g/mol. The number of anilines is 1. The maximum atomic E-state index is 12.9. The molecule has 2 rings (SSSR count). The number of sulfone groups is 1. The van der Waals surface area contributed by atoms with Gasteiger partial charge < -0.3 is 5.32 Å². The van der Waals surface area contributed by atoms with Gasteiger partial charge in [-0.3, -0.25) is 0 Å². The van der Waals surface area contributed by atoms with Gasteiger partial charge >= 0.3 is 6.18 Å². The zero-order chi connectivity index (χ0) is 15.0. The molecule has 1 aliphatic rings. The van der Waals surface area contributed by atoms with Crippen LogP contribution in [-0.4, -0.2) is 26.0 Å². The Hall–Kier alpha value is -1.75. The number of hydrogen-bond acceptors (Lipinski definition) is 4. The van der Waals surface area contributed by atoms with Gasteiger partial charge in [0.1, 0.15) is 0 Å². The van der Waals surface area contributed by atoms with Crippen molar-refractivity contribution < 1.29 is 21.6 Å². The summed E-state index contributed by atoms with van der Waals surface area (Å²) in [6.07, 6.45) is -4.33. The summed E-state index contributed by atoms with van der Waals surface area (Å²) in [5.41, 5.74) is -1.25. The van der Waals surface area contributed by atoms with E-state index in [1.807, 2.05) is 0 Å². The molecule has 1 saturated heterocycles. The van der Waals surface area contributed by atoms with Crippen molar-refractivity contribution in [3.8, 4) is 6.07 Å². The summed E-state index contributed by atoms with van der Waals surface area (Å²) in [6, 6.07) is 4.30. The van der Waals surface area contributed by atoms with Gasteiger partial charge in [-0.2, -0.15) is 18.4 Å². The number of nitrogens with zero attached hydrogens (tertiary/aromatic N) is 1. The predicted molar refractivity (Wildman–Crippen MR) is 66.8 cm³/mol. The Balaban J connectivity index is 2.31. The van der Waals surface area contributed by atoms with E-state index in [4.69, 9.17) is 5.26 Å². The van der Waals surface area contributed by atoms with Crippen molar-refractivity contribution in [3.63, 3.8) is 0 Å². The molecule has 1 N–H and O–H groups in total. The van der Waals surface area contributed by atoms with Crippen LogP contribution in [-0.2, 0) is 16.0 Å². The average Bonchev–Trinajstić information content (AvgIpc) is 2.68. The first kappa shape index (κ1) is 14.7. The highest BCUT2D eigenvalue weighted by Gasteiger charge is 2.35. The number of benzene rings is 1. The Morgan fingerprint density at radius 2 is 2.05 bits per heavy atom. The van der Waals surface area contributed by atoms with Gasteiger partial charge in [0.05, 0.1) is 28.7 Å². The second-order valence-corrected chi connectivity index (χ2v) is 6.84. The Labute approximate surface area is 114 Å². The predicted octanol–water partition coefficient (Wildman–Crippen LogP) is 2.18. The molecule has 0 bridgehead atoms. The van der Waals surface area contributed by atoms with Gasteiger partial charge in [-0.1, -0.05) is 0 Å².